The second-order valence-electron chi connectivity index (χ2n) is 3.56. The molecule has 0 atom stereocenters. The molecule has 5 nitrogen and oxygen atoms in total. The Labute approximate surface area is 105 Å². The van der Waals surface area contributed by atoms with Crippen molar-refractivity contribution < 1.29 is 14.3 Å². The minimum atomic E-state index is -0.478. The van der Waals surface area contributed by atoms with Gasteiger partial charge in [-0.1, -0.05) is 0 Å². The zero-order chi connectivity index (χ0) is 13.0. The van der Waals surface area contributed by atoms with Gasteiger partial charge in [0, 0.05) is 5.56 Å². The van der Waals surface area contributed by atoms with Crippen molar-refractivity contribution in [3.8, 4) is 17.0 Å². The highest BCUT2D eigenvalue weighted by Crippen LogP contribution is 2.22. The van der Waals surface area contributed by atoms with Crippen molar-refractivity contribution in [1.29, 1.82) is 0 Å². The highest BCUT2D eigenvalue weighted by molar-refractivity contribution is 5.77. The molecule has 0 unspecified atom stereocenters. The first-order valence-electron chi connectivity index (χ1n) is 5.62. The van der Waals surface area contributed by atoms with Gasteiger partial charge in [0.2, 0.25) is 0 Å². The van der Waals surface area contributed by atoms with Crippen LogP contribution in [0.25, 0.3) is 11.3 Å². The molecule has 2 rings (SSSR count). The standard InChI is InChI=1S/C13H14N2O3/c1-3-18-13(16)15-12(8-9-14-15)10-4-6-11(17-2)7-5-10/h4-9H,3H2,1-2H3. The SMILES string of the molecule is CCOC(=O)n1nccc1-c1ccc(OC)cc1. The van der Waals surface area contributed by atoms with Crippen molar-refractivity contribution in [3.63, 3.8) is 0 Å². The smallest absolute Gasteiger partial charge is 0.435 e. The third kappa shape index (κ3) is 2.34. The lowest BCUT2D eigenvalue weighted by atomic mass is 10.1. The van der Waals surface area contributed by atoms with Crippen molar-refractivity contribution in [2.75, 3.05) is 13.7 Å². The molecule has 0 bridgehead atoms. The van der Waals surface area contributed by atoms with Gasteiger partial charge in [-0.2, -0.15) is 9.78 Å². The second-order valence-corrected chi connectivity index (χ2v) is 3.56. The van der Waals surface area contributed by atoms with Gasteiger partial charge in [0.15, 0.2) is 0 Å². The predicted octanol–water partition coefficient (Wildman–Crippen LogP) is 2.56. The molecule has 0 N–H and O–H groups in total. The van der Waals surface area contributed by atoms with E-state index in [2.05, 4.69) is 5.10 Å². The largest absolute Gasteiger partial charge is 0.497 e. The van der Waals surface area contributed by atoms with E-state index in [1.54, 1.807) is 26.3 Å². The van der Waals surface area contributed by atoms with Gasteiger partial charge in [0.1, 0.15) is 5.75 Å². The Bertz CT molecular complexity index is 531. The van der Waals surface area contributed by atoms with Gasteiger partial charge in [-0.05, 0) is 37.3 Å². The van der Waals surface area contributed by atoms with Crippen molar-refractivity contribution >= 4 is 6.09 Å². The zero-order valence-electron chi connectivity index (χ0n) is 10.3. The molecule has 1 heterocycles. The summed E-state index contributed by atoms with van der Waals surface area (Å²) in [5, 5.41) is 3.96. The van der Waals surface area contributed by atoms with Gasteiger partial charge in [-0.25, -0.2) is 4.79 Å². The summed E-state index contributed by atoms with van der Waals surface area (Å²) in [4.78, 5) is 11.7. The quantitative estimate of drug-likeness (QED) is 0.835. The third-order valence-electron chi connectivity index (χ3n) is 2.47. The van der Waals surface area contributed by atoms with Crippen molar-refractivity contribution in [1.82, 2.24) is 9.78 Å². The van der Waals surface area contributed by atoms with Crippen LogP contribution in [0, 0.1) is 0 Å². The highest BCUT2D eigenvalue weighted by atomic mass is 16.5. The second kappa shape index (κ2) is 5.35. The lowest BCUT2D eigenvalue weighted by molar-refractivity contribution is 0.151. The monoisotopic (exact) mass is 246 g/mol. The predicted molar refractivity (Wildman–Crippen MR) is 66.6 cm³/mol. The van der Waals surface area contributed by atoms with Gasteiger partial charge >= 0.3 is 6.09 Å². The average Bonchev–Trinajstić information content (AvgIpc) is 2.88. The summed E-state index contributed by atoms with van der Waals surface area (Å²) in [6.07, 6.45) is 1.09. The van der Waals surface area contributed by atoms with E-state index in [0.29, 0.717) is 12.3 Å². The molecule has 0 saturated heterocycles. The number of ether oxygens (including phenoxy) is 2. The van der Waals surface area contributed by atoms with Crippen LogP contribution in [0.15, 0.2) is 36.5 Å². The fourth-order valence-electron chi connectivity index (χ4n) is 1.61. The first-order chi connectivity index (χ1) is 8.76. The Morgan fingerprint density at radius 2 is 2.00 bits per heavy atom. The molecule has 94 valence electrons. The summed E-state index contributed by atoms with van der Waals surface area (Å²) in [5.74, 6) is 0.765. The van der Waals surface area contributed by atoms with Gasteiger partial charge < -0.3 is 9.47 Å². The summed E-state index contributed by atoms with van der Waals surface area (Å²) >= 11 is 0. The van der Waals surface area contributed by atoms with Crippen LogP contribution in [-0.2, 0) is 4.74 Å². The molecule has 0 aliphatic rings. The maximum absolute atomic E-state index is 11.7. The van der Waals surface area contributed by atoms with E-state index >= 15 is 0 Å². The minimum Gasteiger partial charge on any atom is -0.497 e. The molecule has 0 spiro atoms. The van der Waals surface area contributed by atoms with Crippen LogP contribution in [0.4, 0.5) is 4.79 Å². The van der Waals surface area contributed by atoms with Crippen LogP contribution in [0.5, 0.6) is 5.75 Å². The Balaban J connectivity index is 2.32. The zero-order valence-corrected chi connectivity index (χ0v) is 10.3. The van der Waals surface area contributed by atoms with E-state index in [1.165, 1.54) is 4.68 Å². The molecule has 0 amide bonds. The lowest BCUT2D eigenvalue weighted by Crippen LogP contribution is -2.15. The van der Waals surface area contributed by atoms with Crippen LogP contribution < -0.4 is 4.74 Å². The van der Waals surface area contributed by atoms with E-state index in [9.17, 15) is 4.79 Å². The van der Waals surface area contributed by atoms with Crippen LogP contribution >= 0.6 is 0 Å². The molecule has 5 heteroatoms. The molecule has 18 heavy (non-hydrogen) atoms. The average molecular weight is 246 g/mol. The summed E-state index contributed by atoms with van der Waals surface area (Å²) < 4.78 is 11.3. The maximum atomic E-state index is 11.7. The number of carbonyl (C=O) groups excluding carboxylic acids is 1. The van der Waals surface area contributed by atoms with Crippen LogP contribution in [0.1, 0.15) is 6.92 Å². The maximum Gasteiger partial charge on any atom is 0.435 e. The van der Waals surface area contributed by atoms with E-state index < -0.39 is 6.09 Å². The Hall–Kier alpha value is -2.30. The van der Waals surface area contributed by atoms with Gasteiger partial charge in [0.05, 0.1) is 25.6 Å². The van der Waals surface area contributed by atoms with E-state index in [4.69, 9.17) is 9.47 Å². The fraction of sp³-hybridized carbons (Fsp3) is 0.231. The Kier molecular flexibility index (Phi) is 3.62. The number of benzene rings is 1. The number of nitrogens with zero attached hydrogens (tertiary/aromatic N) is 2. The molecule has 1 aromatic heterocycles. The fourth-order valence-corrected chi connectivity index (χ4v) is 1.61. The first kappa shape index (κ1) is 12.2. The number of hydrogen-bond donors (Lipinski definition) is 0. The number of aromatic nitrogens is 2. The summed E-state index contributed by atoms with van der Waals surface area (Å²) in [6, 6.07) is 9.16. The van der Waals surface area contributed by atoms with Crippen molar-refractivity contribution in [3.05, 3.63) is 36.5 Å². The summed E-state index contributed by atoms with van der Waals surface area (Å²) in [7, 11) is 1.61. The van der Waals surface area contributed by atoms with Crippen LogP contribution in [0.3, 0.4) is 0 Å². The van der Waals surface area contributed by atoms with E-state index in [1.807, 2.05) is 24.3 Å². The highest BCUT2D eigenvalue weighted by Gasteiger charge is 2.12. The molecule has 0 radical (unpaired) electrons. The van der Waals surface area contributed by atoms with Crippen LogP contribution in [-0.4, -0.2) is 29.6 Å². The molecule has 0 saturated carbocycles. The third-order valence-corrected chi connectivity index (χ3v) is 2.47. The Morgan fingerprint density at radius 1 is 1.28 bits per heavy atom. The number of carbonyl (C=O) groups is 1. The molecule has 0 aliphatic carbocycles. The van der Waals surface area contributed by atoms with Gasteiger partial charge in [-0.15, -0.1) is 0 Å². The molecule has 0 fully saturated rings. The van der Waals surface area contributed by atoms with Gasteiger partial charge in [0.25, 0.3) is 0 Å². The topological polar surface area (TPSA) is 53.4 Å². The van der Waals surface area contributed by atoms with Gasteiger partial charge in [-0.3, -0.25) is 0 Å². The van der Waals surface area contributed by atoms with E-state index in [-0.39, 0.29) is 0 Å². The minimum absolute atomic E-state index is 0.320. The first-order valence-corrected chi connectivity index (χ1v) is 5.62. The van der Waals surface area contributed by atoms with Crippen molar-refractivity contribution in [2.24, 2.45) is 0 Å². The van der Waals surface area contributed by atoms with Crippen molar-refractivity contribution in [2.45, 2.75) is 6.92 Å². The summed E-state index contributed by atoms with van der Waals surface area (Å²) in [6.45, 7) is 2.08. The molecule has 1 aromatic carbocycles. The summed E-state index contributed by atoms with van der Waals surface area (Å²) in [5.41, 5.74) is 1.57. The number of methoxy groups -OCH3 is 1. The van der Waals surface area contributed by atoms with Crippen LogP contribution in [0.2, 0.25) is 0 Å². The molecule has 0 aliphatic heterocycles. The lowest BCUT2D eigenvalue weighted by Gasteiger charge is -2.06. The molecular formula is C13H14N2O3. The number of hydrogen-bond acceptors (Lipinski definition) is 4. The van der Waals surface area contributed by atoms with E-state index in [0.717, 1.165) is 11.3 Å². The Morgan fingerprint density at radius 3 is 2.61 bits per heavy atom. The number of rotatable bonds is 3. The molecular weight excluding hydrogens is 232 g/mol. The molecule has 2 aromatic rings. The normalized spacial score (nSPS) is 10.1.